The number of H-pyrrole nitrogens is 1. The van der Waals surface area contributed by atoms with Crippen LogP contribution < -0.4 is 5.32 Å². The number of nitriles is 1. The fourth-order valence-electron chi connectivity index (χ4n) is 2.26. The van der Waals surface area contributed by atoms with Gasteiger partial charge in [0, 0.05) is 6.20 Å². The average molecular weight is 384 g/mol. The van der Waals surface area contributed by atoms with Gasteiger partial charge >= 0.3 is 0 Å². The van der Waals surface area contributed by atoms with Crippen LogP contribution in [0.3, 0.4) is 0 Å². The van der Waals surface area contributed by atoms with E-state index in [1.807, 2.05) is 6.07 Å². The molecule has 1 aromatic heterocycles. The van der Waals surface area contributed by atoms with Gasteiger partial charge in [-0.25, -0.2) is 0 Å². The Morgan fingerprint density at radius 3 is 2.48 bits per heavy atom. The van der Waals surface area contributed by atoms with Crippen LogP contribution in [0.1, 0.15) is 5.82 Å². The third kappa shape index (κ3) is 4.09. The van der Waals surface area contributed by atoms with Crippen LogP contribution in [0.2, 0.25) is 0 Å². The molecule has 3 aromatic rings. The van der Waals surface area contributed by atoms with Crippen molar-refractivity contribution in [2.75, 3.05) is 5.32 Å². The molecule has 0 aliphatic rings. The summed E-state index contributed by atoms with van der Waals surface area (Å²) in [6.07, 6.45) is 1.20. The van der Waals surface area contributed by atoms with E-state index in [0.717, 1.165) is 0 Å². The lowest BCUT2D eigenvalue weighted by Gasteiger charge is -2.10. The zero-order chi connectivity index (χ0) is 19.4. The van der Waals surface area contributed by atoms with Crippen LogP contribution in [0, 0.1) is 11.3 Å². The van der Waals surface area contributed by atoms with Crippen molar-refractivity contribution >= 4 is 21.4 Å². The average Bonchev–Trinajstić information content (AvgIpc) is 3.17. The summed E-state index contributed by atoms with van der Waals surface area (Å²) in [7, 11) is -4.55. The van der Waals surface area contributed by atoms with Gasteiger partial charge in [0.2, 0.25) is 5.82 Å². The minimum absolute atomic E-state index is 0.00708. The Kier molecular flexibility index (Phi) is 4.84. The van der Waals surface area contributed by atoms with E-state index in [1.54, 1.807) is 18.2 Å². The molecule has 10 nitrogen and oxygen atoms in total. The molecule has 0 aliphatic heterocycles. The molecule has 4 N–H and O–H groups in total. The van der Waals surface area contributed by atoms with Gasteiger partial charge in [0.05, 0.1) is 5.69 Å². The van der Waals surface area contributed by atoms with Crippen LogP contribution >= 0.6 is 0 Å². The van der Waals surface area contributed by atoms with Gasteiger partial charge in [-0.1, -0.05) is 18.2 Å². The Hall–Kier alpha value is -3.75. The molecular weight excluding hydrogens is 372 g/mol. The SMILES string of the molecule is N#CC(=CNc1ccc(-c2ccc(O)cc2)cc1S(=O)(=O)O)c1nn[nH]n1. The minimum Gasteiger partial charge on any atom is -0.508 e. The summed E-state index contributed by atoms with van der Waals surface area (Å²) in [5.74, 6) is 0.0989. The number of nitrogens with one attached hydrogen (secondary N) is 2. The summed E-state index contributed by atoms with van der Waals surface area (Å²) < 4.78 is 33.1. The quantitative estimate of drug-likeness (QED) is 0.379. The minimum atomic E-state index is -4.55. The van der Waals surface area contributed by atoms with E-state index in [-0.39, 0.29) is 27.7 Å². The third-order valence-electron chi connectivity index (χ3n) is 3.54. The zero-order valence-corrected chi connectivity index (χ0v) is 14.3. The molecule has 0 saturated heterocycles. The Morgan fingerprint density at radius 1 is 1.19 bits per heavy atom. The molecule has 0 radical (unpaired) electrons. The summed E-state index contributed by atoms with van der Waals surface area (Å²) in [6.45, 7) is 0. The highest BCUT2D eigenvalue weighted by Crippen LogP contribution is 2.29. The Morgan fingerprint density at radius 2 is 1.89 bits per heavy atom. The molecule has 1 heterocycles. The first-order valence-corrected chi connectivity index (χ1v) is 8.84. The van der Waals surface area contributed by atoms with Gasteiger partial charge in [-0.15, -0.1) is 10.2 Å². The molecule has 0 amide bonds. The molecule has 0 spiro atoms. The molecule has 0 unspecified atom stereocenters. The van der Waals surface area contributed by atoms with Crippen molar-refractivity contribution in [2.24, 2.45) is 0 Å². The summed E-state index contributed by atoms with van der Waals surface area (Å²) in [4.78, 5) is -0.380. The fourth-order valence-corrected chi connectivity index (χ4v) is 2.94. The van der Waals surface area contributed by atoms with Crippen LogP contribution in [-0.2, 0) is 10.1 Å². The highest BCUT2D eigenvalue weighted by Gasteiger charge is 2.17. The maximum atomic E-state index is 11.8. The third-order valence-corrected chi connectivity index (χ3v) is 4.43. The highest BCUT2D eigenvalue weighted by molar-refractivity contribution is 7.86. The number of aromatic hydroxyl groups is 1. The number of phenolic OH excluding ortho intramolecular Hbond substituents is 1. The van der Waals surface area contributed by atoms with Crippen molar-refractivity contribution in [3.05, 3.63) is 54.5 Å². The number of phenols is 1. The van der Waals surface area contributed by atoms with Crippen molar-refractivity contribution in [1.82, 2.24) is 20.6 Å². The smallest absolute Gasteiger partial charge is 0.296 e. The van der Waals surface area contributed by atoms with Crippen molar-refractivity contribution in [2.45, 2.75) is 4.90 Å². The topological polar surface area (TPSA) is 165 Å². The molecule has 2 aromatic carbocycles. The lowest BCUT2D eigenvalue weighted by Crippen LogP contribution is -2.04. The Balaban J connectivity index is 2.01. The zero-order valence-electron chi connectivity index (χ0n) is 13.5. The van der Waals surface area contributed by atoms with E-state index in [2.05, 4.69) is 25.9 Å². The van der Waals surface area contributed by atoms with E-state index >= 15 is 0 Å². The standard InChI is InChI=1S/C16H12N6O4S/c17-8-12(16-19-21-22-20-16)9-18-14-6-3-11(7-15(14)27(24,25)26)10-1-4-13(23)5-2-10/h1-7,9,18,23H,(H,24,25,26)(H,19,20,21,22). The molecule has 11 heteroatoms. The predicted molar refractivity (Wildman–Crippen MR) is 94.7 cm³/mol. The molecule has 0 saturated carbocycles. The van der Waals surface area contributed by atoms with Crippen LogP contribution in [-0.4, -0.2) is 38.7 Å². The summed E-state index contributed by atoms with van der Waals surface area (Å²) in [5.41, 5.74) is 1.21. The molecule has 27 heavy (non-hydrogen) atoms. The monoisotopic (exact) mass is 384 g/mol. The normalized spacial score (nSPS) is 11.8. The van der Waals surface area contributed by atoms with Gasteiger partial charge in [-0.2, -0.15) is 18.9 Å². The van der Waals surface area contributed by atoms with Gasteiger partial charge < -0.3 is 10.4 Å². The summed E-state index contributed by atoms with van der Waals surface area (Å²) >= 11 is 0. The number of tetrazole rings is 1. The van der Waals surface area contributed by atoms with Gasteiger partial charge in [-0.05, 0) is 40.6 Å². The Bertz CT molecular complexity index is 1130. The number of anilines is 1. The number of hydrogen-bond acceptors (Lipinski definition) is 8. The van der Waals surface area contributed by atoms with E-state index in [9.17, 15) is 18.1 Å². The molecule has 0 fully saturated rings. The van der Waals surface area contributed by atoms with Gasteiger partial charge in [0.1, 0.15) is 22.3 Å². The maximum absolute atomic E-state index is 11.8. The largest absolute Gasteiger partial charge is 0.508 e. The molecule has 0 aliphatic carbocycles. The van der Waals surface area contributed by atoms with Crippen LogP contribution in [0.15, 0.2) is 53.6 Å². The molecule has 136 valence electrons. The second-order valence-electron chi connectivity index (χ2n) is 5.28. The van der Waals surface area contributed by atoms with Gasteiger partial charge in [-0.3, -0.25) is 4.55 Å². The maximum Gasteiger partial charge on any atom is 0.296 e. The fraction of sp³-hybridized carbons (Fsp3) is 0. The van der Waals surface area contributed by atoms with Crippen LogP contribution in [0.25, 0.3) is 16.7 Å². The second kappa shape index (κ2) is 7.24. The molecule has 0 bridgehead atoms. The molecule has 0 atom stereocenters. The van der Waals surface area contributed by atoms with Gasteiger partial charge in [0.25, 0.3) is 10.1 Å². The first-order valence-electron chi connectivity index (χ1n) is 7.40. The van der Waals surface area contributed by atoms with E-state index in [1.165, 1.54) is 30.5 Å². The summed E-state index contributed by atoms with van der Waals surface area (Å²) in [5, 5.41) is 34.1. The van der Waals surface area contributed by atoms with E-state index < -0.39 is 10.1 Å². The predicted octanol–water partition coefficient (Wildman–Crippen LogP) is 1.80. The molecule has 3 rings (SSSR count). The number of allylic oxidation sites excluding steroid dienone is 1. The van der Waals surface area contributed by atoms with Crippen molar-refractivity contribution < 1.29 is 18.1 Å². The number of rotatable bonds is 5. The highest BCUT2D eigenvalue weighted by atomic mass is 32.2. The lowest BCUT2D eigenvalue weighted by atomic mass is 10.1. The van der Waals surface area contributed by atoms with Crippen molar-refractivity contribution in [3.8, 4) is 22.9 Å². The number of aromatic amines is 1. The summed E-state index contributed by atoms with van der Waals surface area (Å²) in [6, 6.07) is 12.3. The van der Waals surface area contributed by atoms with Crippen LogP contribution in [0.4, 0.5) is 5.69 Å². The van der Waals surface area contributed by atoms with Crippen LogP contribution in [0.5, 0.6) is 5.75 Å². The first-order chi connectivity index (χ1) is 12.9. The number of aromatic nitrogens is 4. The number of hydrogen-bond donors (Lipinski definition) is 4. The second-order valence-corrected chi connectivity index (χ2v) is 6.67. The lowest BCUT2D eigenvalue weighted by molar-refractivity contribution is 0.475. The molecular formula is C16H12N6O4S. The number of nitrogens with zero attached hydrogens (tertiary/aromatic N) is 4. The first kappa shape index (κ1) is 18.1. The Labute approximate surface area is 153 Å². The van der Waals surface area contributed by atoms with Crippen molar-refractivity contribution in [3.63, 3.8) is 0 Å². The van der Waals surface area contributed by atoms with Gasteiger partial charge in [0.15, 0.2) is 0 Å². The van der Waals surface area contributed by atoms with Crippen molar-refractivity contribution in [1.29, 1.82) is 5.26 Å². The van der Waals surface area contributed by atoms with E-state index in [4.69, 9.17) is 5.26 Å². The number of benzene rings is 2. The van der Waals surface area contributed by atoms with E-state index in [0.29, 0.717) is 11.1 Å².